The summed E-state index contributed by atoms with van der Waals surface area (Å²) in [4.78, 5) is 59.8. The molecule has 0 spiro atoms. The third-order valence-corrected chi connectivity index (χ3v) is 13.3. The van der Waals surface area contributed by atoms with Gasteiger partial charge in [0.1, 0.15) is 17.9 Å². The summed E-state index contributed by atoms with van der Waals surface area (Å²) in [5.41, 5.74) is 7.97. The number of benzene rings is 3. The van der Waals surface area contributed by atoms with E-state index in [1.807, 2.05) is 104 Å². The number of aromatic amines is 1. The minimum atomic E-state index is -0.310. The molecule has 9 rings (SSSR count). The molecule has 11 nitrogen and oxygen atoms in total. The number of H-pyrrole nitrogens is 1. The van der Waals surface area contributed by atoms with Gasteiger partial charge >= 0.3 is 0 Å². The lowest BCUT2D eigenvalue weighted by Gasteiger charge is -2.37. The molecule has 4 aliphatic rings. The minimum absolute atomic E-state index is 0.00459. The largest absolute Gasteiger partial charge is 0.340 e. The second-order valence-corrected chi connectivity index (χ2v) is 17.1. The third kappa shape index (κ3) is 8.72. The fourth-order valence-electron chi connectivity index (χ4n) is 9.71. The molecule has 61 heavy (non-hydrogen) atoms. The Morgan fingerprint density at radius 2 is 1.26 bits per heavy atom. The van der Waals surface area contributed by atoms with Crippen molar-refractivity contribution < 1.29 is 9.59 Å². The van der Waals surface area contributed by atoms with Crippen LogP contribution in [0.1, 0.15) is 105 Å². The molecule has 4 atom stereocenters. The Morgan fingerprint density at radius 1 is 0.672 bits per heavy atom. The zero-order chi connectivity index (χ0) is 41.7. The molecule has 3 saturated heterocycles. The van der Waals surface area contributed by atoms with Gasteiger partial charge in [0.05, 0.1) is 24.0 Å². The molecule has 4 aliphatic heterocycles. The van der Waals surface area contributed by atoms with E-state index in [1.54, 1.807) is 0 Å². The maximum Gasteiger partial charge on any atom is 0.245 e. The molecule has 2 amide bonds. The first kappa shape index (κ1) is 40.6. The van der Waals surface area contributed by atoms with E-state index in [4.69, 9.17) is 19.9 Å². The summed E-state index contributed by atoms with van der Waals surface area (Å²) >= 11 is 0. The Morgan fingerprint density at radius 3 is 1.90 bits per heavy atom. The van der Waals surface area contributed by atoms with Crippen molar-refractivity contribution in [2.24, 2.45) is 4.99 Å². The maximum absolute atomic E-state index is 14.4. The van der Waals surface area contributed by atoms with E-state index in [0.717, 1.165) is 122 Å². The van der Waals surface area contributed by atoms with Gasteiger partial charge in [-0.15, -0.1) is 0 Å². The smallest absolute Gasteiger partial charge is 0.245 e. The van der Waals surface area contributed by atoms with Crippen molar-refractivity contribution in [3.8, 4) is 22.6 Å². The van der Waals surface area contributed by atoms with E-state index in [9.17, 15) is 9.59 Å². The molecule has 1 N–H and O–H groups in total. The number of aliphatic imine (C=N–C) groups is 1. The number of amides is 2. The highest BCUT2D eigenvalue weighted by molar-refractivity contribution is 6.03. The number of imidazole rings is 1. The van der Waals surface area contributed by atoms with E-state index in [1.165, 1.54) is 12.8 Å². The zero-order valence-electron chi connectivity index (χ0n) is 35.5. The lowest BCUT2D eigenvalue weighted by molar-refractivity contribution is -0.139. The molecule has 11 heteroatoms. The number of piperidine rings is 2. The zero-order valence-corrected chi connectivity index (χ0v) is 35.5. The van der Waals surface area contributed by atoms with Crippen LogP contribution in [0.3, 0.4) is 0 Å². The minimum Gasteiger partial charge on any atom is -0.340 e. The second kappa shape index (κ2) is 18.5. The monoisotopic (exact) mass is 815 g/mol. The van der Waals surface area contributed by atoms with Crippen LogP contribution in [0.15, 0.2) is 115 Å². The summed E-state index contributed by atoms with van der Waals surface area (Å²) < 4.78 is 0. The molecule has 0 radical (unpaired) electrons. The summed E-state index contributed by atoms with van der Waals surface area (Å²) in [6.07, 6.45) is 17.1. The summed E-state index contributed by atoms with van der Waals surface area (Å²) in [7, 11) is 1.88. The molecule has 6 heterocycles. The first-order valence-electron chi connectivity index (χ1n) is 22.3. The van der Waals surface area contributed by atoms with Crippen LogP contribution in [-0.2, 0) is 9.59 Å². The number of nitrogens with one attached hydrogen (secondary N) is 1. The normalized spacial score (nSPS) is 20.2. The molecule has 314 valence electrons. The van der Waals surface area contributed by atoms with Gasteiger partial charge in [0.15, 0.2) is 5.82 Å². The number of hydrogen-bond acceptors (Lipinski definition) is 8. The SMILES string of the molecule is C[C@@H](c1ncc(-c2ccc(-c3ncc(C4=CN=C([C@@H]5CCCN5C(=O)[C@@H](c5ccccc5)N5CCCCC5)C4)cn3)cc2)[nH]1)N(C)C(=O)[C@@H](c1ccccc1)N1CCCCC1. The Kier molecular flexibility index (Phi) is 12.3. The van der Waals surface area contributed by atoms with E-state index in [0.29, 0.717) is 12.2 Å². The van der Waals surface area contributed by atoms with Gasteiger partial charge in [-0.3, -0.25) is 24.4 Å². The van der Waals surface area contributed by atoms with Crippen LogP contribution in [-0.4, -0.2) is 103 Å². The summed E-state index contributed by atoms with van der Waals surface area (Å²) in [6.45, 7) is 6.56. The van der Waals surface area contributed by atoms with Crippen molar-refractivity contribution in [1.29, 1.82) is 0 Å². The maximum atomic E-state index is 14.4. The van der Waals surface area contributed by atoms with Gasteiger partial charge in [-0.1, -0.05) is 97.8 Å². The van der Waals surface area contributed by atoms with Crippen LogP contribution < -0.4 is 0 Å². The number of likely N-dealkylation sites (tertiary alicyclic amines) is 3. The first-order chi connectivity index (χ1) is 29.9. The van der Waals surface area contributed by atoms with E-state index < -0.39 is 0 Å². The summed E-state index contributed by atoms with van der Waals surface area (Å²) in [5.74, 6) is 1.67. The fourth-order valence-corrected chi connectivity index (χ4v) is 9.71. The fraction of sp³-hybridized carbons (Fsp3) is 0.400. The predicted octanol–water partition coefficient (Wildman–Crippen LogP) is 8.68. The number of carbonyl (C=O) groups is 2. The van der Waals surface area contributed by atoms with Gasteiger partial charge in [0.2, 0.25) is 11.8 Å². The highest BCUT2D eigenvalue weighted by atomic mass is 16.2. The summed E-state index contributed by atoms with van der Waals surface area (Å²) in [6, 6.07) is 27.8. The van der Waals surface area contributed by atoms with Crippen molar-refractivity contribution in [3.05, 3.63) is 132 Å². The molecule has 2 aromatic heterocycles. The molecule has 0 unspecified atom stereocenters. The van der Waals surface area contributed by atoms with Gasteiger partial charge in [0, 0.05) is 55.4 Å². The number of likely N-dealkylation sites (N-methyl/N-ethyl adjacent to an activating group) is 1. The standard InChI is InChI=1S/C50H57N9O2/c1-35(56(2)49(60)45(37-16-7-3-8-17-37)57-25-11-5-12-26-57)47-54-34-43(55-47)36-21-23-39(24-22-36)48-52-32-41(33-53-48)40-30-42(51-31-40)44-20-15-29-59(44)50(61)46(38-18-9-4-10-19-38)58-27-13-6-14-28-58/h3-4,7-10,16-19,21-24,31-35,44-46H,5-6,11-15,20,25-30H2,1-2H3,(H,54,55)/t35-,44-,45+,46+/m0/s1. The van der Waals surface area contributed by atoms with Gasteiger partial charge in [-0.05, 0) is 93.9 Å². The van der Waals surface area contributed by atoms with Crippen LogP contribution in [0.25, 0.3) is 28.2 Å². The van der Waals surface area contributed by atoms with Crippen LogP contribution in [0.4, 0.5) is 0 Å². The average Bonchev–Trinajstić information content (AvgIpc) is 4.13. The van der Waals surface area contributed by atoms with Gasteiger partial charge < -0.3 is 14.8 Å². The predicted molar refractivity (Wildman–Crippen MR) is 240 cm³/mol. The van der Waals surface area contributed by atoms with Crippen LogP contribution in [0.5, 0.6) is 0 Å². The molecule has 0 saturated carbocycles. The van der Waals surface area contributed by atoms with Crippen molar-refractivity contribution >= 4 is 23.1 Å². The van der Waals surface area contributed by atoms with Gasteiger partial charge in [0.25, 0.3) is 0 Å². The van der Waals surface area contributed by atoms with Gasteiger partial charge in [-0.2, -0.15) is 0 Å². The Labute approximate surface area is 359 Å². The molecular formula is C50H57N9O2. The van der Waals surface area contributed by atoms with Crippen molar-refractivity contribution in [2.75, 3.05) is 39.8 Å². The van der Waals surface area contributed by atoms with E-state index in [-0.39, 0.29) is 36.0 Å². The van der Waals surface area contributed by atoms with Crippen LogP contribution >= 0.6 is 0 Å². The Hall–Kier alpha value is -5.78. The highest BCUT2D eigenvalue weighted by Crippen LogP contribution is 2.35. The first-order valence-corrected chi connectivity index (χ1v) is 22.3. The number of rotatable bonds is 12. The molecule has 3 aromatic carbocycles. The van der Waals surface area contributed by atoms with E-state index >= 15 is 0 Å². The molecular weight excluding hydrogens is 759 g/mol. The molecule has 5 aromatic rings. The number of carbonyl (C=O) groups excluding carboxylic acids is 2. The quantitative estimate of drug-likeness (QED) is 0.134. The van der Waals surface area contributed by atoms with Gasteiger partial charge in [-0.25, -0.2) is 15.0 Å². The number of aromatic nitrogens is 4. The number of allylic oxidation sites excluding steroid dienone is 1. The number of hydrogen-bond donors (Lipinski definition) is 1. The highest BCUT2D eigenvalue weighted by Gasteiger charge is 2.40. The molecule has 0 bridgehead atoms. The van der Waals surface area contributed by atoms with Crippen molar-refractivity contribution in [1.82, 2.24) is 39.5 Å². The second-order valence-electron chi connectivity index (χ2n) is 17.1. The Bertz CT molecular complexity index is 2330. The molecule has 3 fully saturated rings. The lowest BCUT2D eigenvalue weighted by atomic mass is 9.97. The van der Waals surface area contributed by atoms with Crippen molar-refractivity contribution in [2.45, 2.75) is 88.9 Å². The Balaban J connectivity index is 0.825. The van der Waals surface area contributed by atoms with E-state index in [2.05, 4.69) is 43.9 Å². The van der Waals surface area contributed by atoms with Crippen molar-refractivity contribution in [3.63, 3.8) is 0 Å². The topological polar surface area (TPSA) is 114 Å². The summed E-state index contributed by atoms with van der Waals surface area (Å²) in [5, 5.41) is 0. The lowest BCUT2D eigenvalue weighted by Crippen LogP contribution is -2.48. The molecule has 0 aliphatic carbocycles. The average molecular weight is 816 g/mol. The van der Waals surface area contributed by atoms with Crippen LogP contribution in [0, 0.1) is 0 Å². The third-order valence-electron chi connectivity index (χ3n) is 13.3. The van der Waals surface area contributed by atoms with Crippen LogP contribution in [0.2, 0.25) is 0 Å². The number of nitrogens with zero attached hydrogens (tertiary/aromatic N) is 8.